The van der Waals surface area contributed by atoms with Gasteiger partial charge in [0.2, 0.25) is 0 Å². The van der Waals surface area contributed by atoms with Gasteiger partial charge in [0.05, 0.1) is 1.37 Å². The molecule has 0 aliphatic rings. The number of aromatic amines is 1. The molecule has 0 aromatic carbocycles. The Kier molecular flexibility index (Phi) is 0.283. The van der Waals surface area contributed by atoms with E-state index in [1.54, 1.807) is 12.3 Å². The highest BCUT2D eigenvalue weighted by atomic mass is 15.1. The molecule has 1 aromatic heterocycles. The lowest BCUT2D eigenvalue weighted by Gasteiger charge is -1.49. The minimum absolute atomic E-state index is 0.287. The number of nitrogens with one attached hydrogen (secondary N) is 1. The minimum Gasteiger partial charge on any atom is -0.286 e. The number of aromatic nitrogens is 2. The second-order valence-corrected chi connectivity index (χ2v) is 0.703. The highest BCUT2D eigenvalue weighted by Gasteiger charge is 1.56. The van der Waals surface area contributed by atoms with Gasteiger partial charge in [-0.05, 0) is 6.07 Å². The van der Waals surface area contributed by atoms with Crippen LogP contribution in [-0.2, 0) is 0 Å². The lowest BCUT2D eigenvalue weighted by atomic mass is 10.8. The van der Waals surface area contributed by atoms with Gasteiger partial charge in [-0.25, -0.2) is 0 Å². The Morgan fingerprint density at radius 1 is 2.00 bits per heavy atom. The van der Waals surface area contributed by atoms with Crippen LogP contribution in [0.2, 0.25) is 0 Å². The third-order valence-electron chi connectivity index (χ3n) is 0.362. The molecule has 0 spiro atoms. The van der Waals surface area contributed by atoms with Crippen molar-refractivity contribution < 1.29 is 1.37 Å². The molecule has 0 aliphatic carbocycles. The normalized spacial score (nSPS) is 10.8. The van der Waals surface area contributed by atoms with Crippen LogP contribution in [0, 0.1) is 0 Å². The van der Waals surface area contributed by atoms with Crippen molar-refractivity contribution in [2.24, 2.45) is 0 Å². The van der Waals surface area contributed by atoms with Crippen LogP contribution in [0.25, 0.3) is 0 Å². The van der Waals surface area contributed by atoms with Crippen molar-refractivity contribution in [1.82, 2.24) is 10.2 Å². The van der Waals surface area contributed by atoms with Crippen LogP contribution in [0.5, 0.6) is 0 Å². The van der Waals surface area contributed by atoms with E-state index in [2.05, 4.69) is 10.2 Å². The van der Waals surface area contributed by atoms with E-state index in [0.717, 1.165) is 0 Å². The molecule has 0 bridgehead atoms. The molecule has 0 amide bonds. The van der Waals surface area contributed by atoms with Gasteiger partial charge >= 0.3 is 0 Å². The SMILES string of the molecule is [2H]c1cc[nH]n1. The minimum atomic E-state index is 0.287. The third kappa shape index (κ3) is 0.265. The molecular formula is C3H4N2. The standard InChI is InChI=1S/C3H4N2/c1-2-4-5-3-1/h1-3H,(H,4,5)/i2D. The molecule has 5 heavy (non-hydrogen) atoms. The quantitative estimate of drug-likeness (QED) is 0.469. The second-order valence-electron chi connectivity index (χ2n) is 0.703. The zero-order valence-corrected chi connectivity index (χ0v) is 2.60. The Morgan fingerprint density at radius 2 is 3.00 bits per heavy atom. The molecule has 0 unspecified atom stereocenters. The lowest BCUT2D eigenvalue weighted by Crippen LogP contribution is -1.53. The zero-order valence-electron chi connectivity index (χ0n) is 3.60. The summed E-state index contributed by atoms with van der Waals surface area (Å²) in [6.07, 6.45) is 1.90. The van der Waals surface area contributed by atoms with Crippen LogP contribution >= 0.6 is 0 Å². The van der Waals surface area contributed by atoms with E-state index in [9.17, 15) is 0 Å². The fourth-order valence-electron chi connectivity index (χ4n) is 0.186. The average molecular weight is 69.1 g/mol. The molecule has 0 fully saturated rings. The number of H-pyrrole nitrogens is 1. The Bertz CT molecular complexity index is 112. The summed E-state index contributed by atoms with van der Waals surface area (Å²) >= 11 is 0. The lowest BCUT2D eigenvalue weighted by molar-refractivity contribution is 1.09. The first-order chi connectivity index (χ1) is 2.89. The Hall–Kier alpha value is -0.790. The summed E-state index contributed by atoms with van der Waals surface area (Å²) in [6, 6.07) is 1.58. The summed E-state index contributed by atoms with van der Waals surface area (Å²) in [5, 5.41) is 5.95. The largest absolute Gasteiger partial charge is 0.286 e. The van der Waals surface area contributed by atoms with Gasteiger partial charge in [0.25, 0.3) is 0 Å². The van der Waals surface area contributed by atoms with Crippen molar-refractivity contribution in [3.63, 3.8) is 0 Å². The van der Waals surface area contributed by atoms with E-state index in [1.807, 2.05) is 0 Å². The zero-order chi connectivity index (χ0) is 4.41. The van der Waals surface area contributed by atoms with Crippen LogP contribution in [0.1, 0.15) is 1.37 Å². The first kappa shape index (κ1) is 1.60. The predicted molar refractivity (Wildman–Crippen MR) is 18.6 cm³/mol. The van der Waals surface area contributed by atoms with E-state index in [1.165, 1.54) is 0 Å². The van der Waals surface area contributed by atoms with Gasteiger partial charge in [0.15, 0.2) is 0 Å². The molecule has 0 aliphatic heterocycles. The van der Waals surface area contributed by atoms with Gasteiger partial charge in [0, 0.05) is 12.4 Å². The maximum atomic E-state index is 6.73. The van der Waals surface area contributed by atoms with Gasteiger partial charge in [-0.2, -0.15) is 5.10 Å². The van der Waals surface area contributed by atoms with Gasteiger partial charge in [-0.3, -0.25) is 5.10 Å². The van der Waals surface area contributed by atoms with Crippen molar-refractivity contribution in [3.05, 3.63) is 18.4 Å². The van der Waals surface area contributed by atoms with Crippen molar-refractivity contribution in [2.45, 2.75) is 0 Å². The molecule has 1 heterocycles. The number of hydrogen-bond acceptors (Lipinski definition) is 1. The van der Waals surface area contributed by atoms with Crippen LogP contribution < -0.4 is 0 Å². The van der Waals surface area contributed by atoms with Gasteiger partial charge in [-0.1, -0.05) is 0 Å². The summed E-state index contributed by atoms with van der Waals surface area (Å²) in [5.74, 6) is 0. The summed E-state index contributed by atoms with van der Waals surface area (Å²) < 4.78 is 6.73. The van der Waals surface area contributed by atoms with Crippen LogP contribution in [0.15, 0.2) is 18.4 Å². The molecule has 0 radical (unpaired) electrons. The van der Waals surface area contributed by atoms with E-state index < -0.39 is 0 Å². The molecule has 2 nitrogen and oxygen atoms in total. The van der Waals surface area contributed by atoms with Gasteiger partial charge < -0.3 is 0 Å². The first-order valence-electron chi connectivity index (χ1n) is 1.86. The number of rotatable bonds is 0. The molecule has 1 aromatic rings. The van der Waals surface area contributed by atoms with Crippen LogP contribution in [0.3, 0.4) is 0 Å². The fraction of sp³-hybridized carbons (Fsp3) is 0. The maximum Gasteiger partial charge on any atom is 0.0860 e. The molecule has 26 valence electrons. The number of nitrogens with zero attached hydrogens (tertiary/aromatic N) is 1. The highest BCUT2D eigenvalue weighted by molar-refractivity contribution is 4.72. The summed E-state index contributed by atoms with van der Waals surface area (Å²) in [4.78, 5) is 0. The van der Waals surface area contributed by atoms with Crippen molar-refractivity contribution >= 4 is 0 Å². The number of hydrogen-bond donors (Lipinski definition) is 1. The highest BCUT2D eigenvalue weighted by Crippen LogP contribution is 1.64. The van der Waals surface area contributed by atoms with E-state index in [-0.39, 0.29) is 6.17 Å². The maximum absolute atomic E-state index is 6.73. The monoisotopic (exact) mass is 69.0 g/mol. The van der Waals surface area contributed by atoms with Crippen LogP contribution in [0.4, 0.5) is 0 Å². The van der Waals surface area contributed by atoms with Gasteiger partial charge in [-0.15, -0.1) is 0 Å². The molecule has 1 N–H and O–H groups in total. The molecule has 1 rings (SSSR count). The predicted octanol–water partition coefficient (Wildman–Crippen LogP) is 0.410. The molecule has 0 saturated carbocycles. The average Bonchev–Trinajstić information content (AvgIpc) is 1.86. The van der Waals surface area contributed by atoms with Crippen molar-refractivity contribution in [1.29, 1.82) is 0 Å². The summed E-state index contributed by atoms with van der Waals surface area (Å²) in [6.45, 7) is 0. The van der Waals surface area contributed by atoms with Crippen molar-refractivity contribution in [2.75, 3.05) is 0 Å². The third-order valence-corrected chi connectivity index (χ3v) is 0.362. The van der Waals surface area contributed by atoms with E-state index in [0.29, 0.717) is 0 Å². The van der Waals surface area contributed by atoms with E-state index in [4.69, 9.17) is 1.37 Å². The smallest absolute Gasteiger partial charge is 0.0860 e. The fourth-order valence-corrected chi connectivity index (χ4v) is 0.186. The molecule has 0 atom stereocenters. The Morgan fingerprint density at radius 3 is 3.20 bits per heavy atom. The van der Waals surface area contributed by atoms with Crippen molar-refractivity contribution in [3.8, 4) is 0 Å². The van der Waals surface area contributed by atoms with Crippen LogP contribution in [-0.4, -0.2) is 10.2 Å². The van der Waals surface area contributed by atoms with E-state index >= 15 is 0 Å². The summed E-state index contributed by atoms with van der Waals surface area (Å²) in [7, 11) is 0. The Balaban J connectivity index is 3.05. The molecule has 0 saturated heterocycles. The first-order valence-corrected chi connectivity index (χ1v) is 1.36. The van der Waals surface area contributed by atoms with Gasteiger partial charge in [0.1, 0.15) is 0 Å². The Labute approximate surface area is 31.2 Å². The topological polar surface area (TPSA) is 28.7 Å². The second kappa shape index (κ2) is 0.885. The molecular weight excluding hydrogens is 64.0 g/mol. The summed E-state index contributed by atoms with van der Waals surface area (Å²) in [5.41, 5.74) is 0. The molecule has 2 heteroatoms.